The van der Waals surface area contributed by atoms with E-state index in [1.165, 1.54) is 68.8 Å². The average Bonchev–Trinajstić information content (AvgIpc) is 3.02. The fourth-order valence-corrected chi connectivity index (χ4v) is 6.38. The molecule has 1 aliphatic heterocycles. The van der Waals surface area contributed by atoms with E-state index in [1.54, 1.807) is 16.7 Å². The van der Waals surface area contributed by atoms with Gasteiger partial charge in [-0.05, 0) is 93.5 Å². The summed E-state index contributed by atoms with van der Waals surface area (Å²) < 4.78 is 36.6. The highest BCUT2D eigenvalue weighted by Crippen LogP contribution is 2.26. The molecule has 250 valence electrons. The summed E-state index contributed by atoms with van der Waals surface area (Å²) in [6.45, 7) is 6.53. The number of amides is 1. The third-order valence-electron chi connectivity index (χ3n) is 9.09. The molecule has 8 nitrogen and oxygen atoms in total. The molecule has 0 bridgehead atoms. The number of aryl methyl sites for hydroxylation is 1. The lowest BCUT2D eigenvalue weighted by Crippen LogP contribution is -2.48. The van der Waals surface area contributed by atoms with Crippen LogP contribution in [0, 0.1) is 18.6 Å². The van der Waals surface area contributed by atoms with Crippen LogP contribution in [0.4, 0.5) is 20.3 Å². The van der Waals surface area contributed by atoms with Crippen LogP contribution in [0.1, 0.15) is 67.3 Å². The molecule has 1 saturated heterocycles. The Balaban J connectivity index is 1.29. The molecule has 1 fully saturated rings. The molecule has 0 radical (unpaired) electrons. The molecular weight excluding hydrogens is 600 g/mol. The maximum absolute atomic E-state index is 13.8. The SMILES string of the molecule is Cc1cc(-n2cc(C(=O)Nc3cc(F)cc(F)c3)c(=O)c3ccc(N(C)C)nc32)ccc1OCCCCCCC[N+]1(C)CCCCC1. The molecule has 1 amide bonds. The number of aromatic nitrogens is 2. The number of nitrogens with zero attached hydrogens (tertiary/aromatic N) is 4. The van der Waals surface area contributed by atoms with Crippen molar-refractivity contribution in [3.63, 3.8) is 0 Å². The maximum Gasteiger partial charge on any atom is 0.261 e. The number of halogens is 2. The molecule has 10 heteroatoms. The fourth-order valence-electron chi connectivity index (χ4n) is 6.38. The molecule has 0 atom stereocenters. The van der Waals surface area contributed by atoms with E-state index in [1.807, 2.05) is 44.1 Å². The van der Waals surface area contributed by atoms with Gasteiger partial charge >= 0.3 is 0 Å². The number of hydrogen-bond donors (Lipinski definition) is 1. The normalized spacial score (nSPS) is 14.3. The lowest BCUT2D eigenvalue weighted by Gasteiger charge is -2.37. The van der Waals surface area contributed by atoms with Crippen molar-refractivity contribution in [1.82, 2.24) is 9.55 Å². The standard InChI is InChI=1S/C37H45F2N5O3/c1-26-21-30(13-15-33(26)47-20-12-7-5-6-9-17-44(4)18-10-8-11-19-44)43-25-32(37(46)40-29-23-27(38)22-28(39)24-29)35(45)31-14-16-34(42(2)3)41-36(31)43/h13-16,21-25H,5-12,17-20H2,1-4H3/p+1. The van der Waals surface area contributed by atoms with E-state index in [2.05, 4.69) is 12.4 Å². The number of hydrogen-bond acceptors (Lipinski definition) is 5. The summed E-state index contributed by atoms with van der Waals surface area (Å²) in [6.07, 6.45) is 11.4. The summed E-state index contributed by atoms with van der Waals surface area (Å²) >= 11 is 0. The Bertz CT molecular complexity index is 1760. The number of carbonyl (C=O) groups is 1. The zero-order valence-corrected chi connectivity index (χ0v) is 28.0. The molecule has 47 heavy (non-hydrogen) atoms. The Kier molecular flexibility index (Phi) is 10.9. The van der Waals surface area contributed by atoms with Crippen molar-refractivity contribution in [2.24, 2.45) is 0 Å². The molecule has 0 spiro atoms. The lowest BCUT2D eigenvalue weighted by atomic mass is 10.1. The molecular formula is C37H46F2N5O3+. The summed E-state index contributed by atoms with van der Waals surface area (Å²) in [7, 11) is 6.11. The quantitative estimate of drug-likeness (QED) is 0.122. The van der Waals surface area contributed by atoms with Crippen molar-refractivity contribution >= 4 is 28.4 Å². The van der Waals surface area contributed by atoms with Gasteiger partial charge in [0.2, 0.25) is 5.43 Å². The van der Waals surface area contributed by atoms with Crippen LogP contribution in [0.15, 0.2) is 59.5 Å². The van der Waals surface area contributed by atoms with Crippen LogP contribution in [0.5, 0.6) is 5.75 Å². The number of fused-ring (bicyclic) bond motifs is 1. The topological polar surface area (TPSA) is 76.5 Å². The predicted octanol–water partition coefficient (Wildman–Crippen LogP) is 7.25. The number of nitrogens with one attached hydrogen (secondary N) is 1. The van der Waals surface area contributed by atoms with Crippen molar-refractivity contribution in [2.75, 3.05) is 57.6 Å². The first kappa shape index (κ1) is 34.0. The number of piperidine rings is 1. The molecule has 2 aromatic heterocycles. The van der Waals surface area contributed by atoms with Gasteiger partial charge in [-0.2, -0.15) is 0 Å². The minimum Gasteiger partial charge on any atom is -0.493 e. The molecule has 3 heterocycles. The Labute approximate surface area is 275 Å². The zero-order chi connectivity index (χ0) is 33.6. The van der Waals surface area contributed by atoms with Crippen LogP contribution in [0.25, 0.3) is 16.7 Å². The molecule has 0 aliphatic carbocycles. The number of benzene rings is 2. The minimum atomic E-state index is -0.840. The van der Waals surface area contributed by atoms with Gasteiger partial charge in [0.05, 0.1) is 38.7 Å². The highest BCUT2D eigenvalue weighted by atomic mass is 19.1. The number of quaternary nitrogens is 1. The molecule has 4 aromatic rings. The van der Waals surface area contributed by atoms with Crippen LogP contribution < -0.4 is 20.4 Å². The number of anilines is 2. The van der Waals surface area contributed by atoms with Crippen LogP contribution in [0.2, 0.25) is 0 Å². The van der Waals surface area contributed by atoms with Gasteiger partial charge < -0.3 is 24.0 Å². The number of carbonyl (C=O) groups excluding carboxylic acids is 1. The Morgan fingerprint density at radius 2 is 1.66 bits per heavy atom. The fraction of sp³-hybridized carbons (Fsp3) is 0.432. The zero-order valence-electron chi connectivity index (χ0n) is 28.0. The van der Waals surface area contributed by atoms with Crippen molar-refractivity contribution in [1.29, 1.82) is 0 Å². The first-order valence-corrected chi connectivity index (χ1v) is 16.6. The number of ether oxygens (including phenoxy) is 1. The van der Waals surface area contributed by atoms with Crippen molar-refractivity contribution < 1.29 is 22.8 Å². The van der Waals surface area contributed by atoms with Gasteiger partial charge in [0.1, 0.15) is 28.8 Å². The largest absolute Gasteiger partial charge is 0.493 e. The number of rotatable bonds is 13. The van der Waals surface area contributed by atoms with Crippen molar-refractivity contribution in [2.45, 2.75) is 58.3 Å². The van der Waals surface area contributed by atoms with Gasteiger partial charge in [-0.1, -0.05) is 12.8 Å². The van der Waals surface area contributed by atoms with Gasteiger partial charge in [-0.15, -0.1) is 0 Å². The van der Waals surface area contributed by atoms with Gasteiger partial charge in [-0.25, -0.2) is 13.8 Å². The summed E-state index contributed by atoms with van der Waals surface area (Å²) in [5, 5.41) is 2.69. The van der Waals surface area contributed by atoms with Crippen LogP contribution in [-0.4, -0.2) is 67.3 Å². The van der Waals surface area contributed by atoms with Crippen LogP contribution in [0.3, 0.4) is 0 Å². The van der Waals surface area contributed by atoms with E-state index in [0.29, 0.717) is 29.8 Å². The summed E-state index contributed by atoms with van der Waals surface area (Å²) in [5.41, 5.74) is 1.13. The number of unbranched alkanes of at least 4 members (excludes halogenated alkanes) is 4. The first-order valence-electron chi connectivity index (χ1n) is 16.6. The Morgan fingerprint density at radius 1 is 0.957 bits per heavy atom. The second kappa shape index (κ2) is 15.1. The molecule has 1 aliphatic rings. The Hall–Kier alpha value is -4.31. The van der Waals surface area contributed by atoms with E-state index in [-0.39, 0.29) is 16.6 Å². The van der Waals surface area contributed by atoms with Crippen LogP contribution in [-0.2, 0) is 0 Å². The highest BCUT2D eigenvalue weighted by Gasteiger charge is 2.23. The number of pyridine rings is 2. The predicted molar refractivity (Wildman–Crippen MR) is 184 cm³/mol. The molecule has 5 rings (SSSR count). The van der Waals surface area contributed by atoms with E-state index >= 15 is 0 Å². The molecule has 0 unspecified atom stereocenters. The second-order valence-corrected chi connectivity index (χ2v) is 13.2. The van der Waals surface area contributed by atoms with E-state index in [0.717, 1.165) is 36.3 Å². The third kappa shape index (κ3) is 8.54. The Morgan fingerprint density at radius 3 is 2.36 bits per heavy atom. The summed E-state index contributed by atoms with van der Waals surface area (Å²) in [4.78, 5) is 33.3. The number of likely N-dealkylation sites (tertiary alicyclic amines) is 1. The first-order chi connectivity index (χ1) is 22.5. The highest BCUT2D eigenvalue weighted by molar-refractivity contribution is 6.05. The van der Waals surface area contributed by atoms with Crippen molar-refractivity contribution in [3.05, 3.63) is 87.7 Å². The van der Waals surface area contributed by atoms with Crippen LogP contribution >= 0.6 is 0 Å². The summed E-state index contributed by atoms with van der Waals surface area (Å²) in [5.74, 6) is -1.06. The van der Waals surface area contributed by atoms with Gasteiger partial charge in [0.25, 0.3) is 5.91 Å². The smallest absolute Gasteiger partial charge is 0.261 e. The molecule has 2 aromatic carbocycles. The van der Waals surface area contributed by atoms with Gasteiger partial charge in [-0.3, -0.25) is 9.59 Å². The third-order valence-corrected chi connectivity index (χ3v) is 9.09. The van der Waals surface area contributed by atoms with E-state index in [4.69, 9.17) is 9.72 Å². The molecule has 1 N–H and O–H groups in total. The maximum atomic E-state index is 13.8. The van der Waals surface area contributed by atoms with E-state index in [9.17, 15) is 18.4 Å². The second-order valence-electron chi connectivity index (χ2n) is 13.2. The van der Waals surface area contributed by atoms with Crippen molar-refractivity contribution in [3.8, 4) is 11.4 Å². The average molecular weight is 647 g/mol. The van der Waals surface area contributed by atoms with Gasteiger partial charge in [0.15, 0.2) is 5.65 Å². The van der Waals surface area contributed by atoms with E-state index < -0.39 is 23.0 Å². The summed E-state index contributed by atoms with van der Waals surface area (Å²) in [6, 6.07) is 11.7. The molecule has 0 saturated carbocycles. The lowest BCUT2D eigenvalue weighted by molar-refractivity contribution is -0.914. The minimum absolute atomic E-state index is 0.0926. The monoisotopic (exact) mass is 646 g/mol. The van der Waals surface area contributed by atoms with Gasteiger partial charge in [0, 0.05) is 37.7 Å².